The van der Waals surface area contributed by atoms with Gasteiger partial charge >= 0.3 is 0 Å². The fraction of sp³-hybridized carbons (Fsp3) is 0.692. The second-order valence-corrected chi connectivity index (χ2v) is 4.70. The van der Waals surface area contributed by atoms with Gasteiger partial charge in [-0.15, -0.1) is 0 Å². The average molecular weight is 224 g/mol. The third-order valence-corrected chi connectivity index (χ3v) is 3.25. The van der Waals surface area contributed by atoms with Gasteiger partial charge in [-0.2, -0.15) is 0 Å². The Bertz CT molecular complexity index is 309. The van der Waals surface area contributed by atoms with E-state index in [0.717, 1.165) is 24.6 Å². The van der Waals surface area contributed by atoms with Crippen molar-refractivity contribution in [3.05, 3.63) is 23.7 Å². The predicted octanol–water partition coefficient (Wildman–Crippen LogP) is 2.26. The van der Waals surface area contributed by atoms with E-state index < -0.39 is 0 Å². The van der Waals surface area contributed by atoms with Crippen LogP contribution in [0.3, 0.4) is 0 Å². The number of furan rings is 1. The Morgan fingerprint density at radius 3 is 2.56 bits per heavy atom. The molecule has 2 unspecified atom stereocenters. The maximum atomic E-state index is 5.59. The molecule has 0 saturated carbocycles. The van der Waals surface area contributed by atoms with Crippen molar-refractivity contribution in [3.8, 4) is 0 Å². The summed E-state index contributed by atoms with van der Waals surface area (Å²) in [7, 11) is 4.15. The van der Waals surface area contributed by atoms with Gasteiger partial charge in [0, 0.05) is 6.04 Å². The summed E-state index contributed by atoms with van der Waals surface area (Å²) in [5.41, 5.74) is 0. The first kappa shape index (κ1) is 13.3. The van der Waals surface area contributed by atoms with Crippen molar-refractivity contribution in [1.29, 1.82) is 0 Å². The highest BCUT2D eigenvalue weighted by molar-refractivity contribution is 5.05. The van der Waals surface area contributed by atoms with Crippen molar-refractivity contribution in [3.63, 3.8) is 0 Å². The molecule has 3 heteroatoms. The Labute approximate surface area is 98.8 Å². The minimum atomic E-state index is 0.540. The molecule has 0 aromatic carbocycles. The molecule has 0 amide bonds. The van der Waals surface area contributed by atoms with E-state index in [0.29, 0.717) is 12.0 Å². The van der Waals surface area contributed by atoms with Crippen LogP contribution in [0.15, 0.2) is 16.5 Å². The van der Waals surface area contributed by atoms with E-state index in [1.807, 2.05) is 20.0 Å². The smallest absolute Gasteiger partial charge is 0.118 e. The van der Waals surface area contributed by atoms with Crippen LogP contribution >= 0.6 is 0 Å². The molecule has 3 nitrogen and oxygen atoms in total. The summed E-state index contributed by atoms with van der Waals surface area (Å²) in [6, 6.07) is 4.62. The van der Waals surface area contributed by atoms with Gasteiger partial charge in [0.1, 0.15) is 11.5 Å². The van der Waals surface area contributed by atoms with Crippen LogP contribution in [0.25, 0.3) is 0 Å². The highest BCUT2D eigenvalue weighted by Gasteiger charge is 2.17. The Morgan fingerprint density at radius 1 is 1.38 bits per heavy atom. The van der Waals surface area contributed by atoms with Crippen LogP contribution in [0.1, 0.15) is 25.4 Å². The van der Waals surface area contributed by atoms with Crippen molar-refractivity contribution in [2.45, 2.75) is 33.4 Å². The molecule has 0 aliphatic rings. The van der Waals surface area contributed by atoms with Crippen molar-refractivity contribution in [1.82, 2.24) is 10.2 Å². The van der Waals surface area contributed by atoms with Crippen molar-refractivity contribution >= 4 is 0 Å². The number of rotatable bonds is 6. The van der Waals surface area contributed by atoms with E-state index in [1.54, 1.807) is 0 Å². The Kier molecular flexibility index (Phi) is 5.03. The van der Waals surface area contributed by atoms with Crippen LogP contribution < -0.4 is 5.32 Å². The second-order valence-electron chi connectivity index (χ2n) is 4.70. The third kappa shape index (κ3) is 3.65. The normalized spacial score (nSPS) is 15.4. The van der Waals surface area contributed by atoms with E-state index in [4.69, 9.17) is 4.42 Å². The average Bonchev–Trinajstić information content (AvgIpc) is 2.63. The predicted molar refractivity (Wildman–Crippen MR) is 67.5 cm³/mol. The molecule has 0 spiro atoms. The molecule has 92 valence electrons. The number of hydrogen-bond acceptors (Lipinski definition) is 3. The van der Waals surface area contributed by atoms with Crippen LogP contribution in [0, 0.1) is 12.8 Å². The molecule has 0 aliphatic carbocycles. The zero-order valence-corrected chi connectivity index (χ0v) is 11.1. The van der Waals surface area contributed by atoms with E-state index in [9.17, 15) is 0 Å². The minimum absolute atomic E-state index is 0.540. The Morgan fingerprint density at radius 2 is 2.06 bits per heavy atom. The molecule has 1 heterocycles. The van der Waals surface area contributed by atoms with Gasteiger partial charge in [0.15, 0.2) is 0 Å². The monoisotopic (exact) mass is 224 g/mol. The van der Waals surface area contributed by atoms with E-state index in [2.05, 4.69) is 37.2 Å². The summed E-state index contributed by atoms with van der Waals surface area (Å²) < 4.78 is 5.59. The molecule has 1 rings (SSSR count). The third-order valence-electron chi connectivity index (χ3n) is 3.25. The summed E-state index contributed by atoms with van der Waals surface area (Å²) in [4.78, 5) is 2.33. The summed E-state index contributed by atoms with van der Waals surface area (Å²) in [6.45, 7) is 8.44. The zero-order chi connectivity index (χ0) is 12.1. The van der Waals surface area contributed by atoms with Gasteiger partial charge in [-0.25, -0.2) is 0 Å². The van der Waals surface area contributed by atoms with Gasteiger partial charge in [0.25, 0.3) is 0 Å². The Balaban J connectivity index is 2.48. The molecular weight excluding hydrogens is 200 g/mol. The lowest BCUT2D eigenvalue weighted by Gasteiger charge is -2.29. The lowest BCUT2D eigenvalue weighted by Crippen LogP contribution is -2.37. The molecule has 0 saturated heterocycles. The first-order valence-corrected chi connectivity index (χ1v) is 5.94. The molecule has 1 N–H and O–H groups in total. The van der Waals surface area contributed by atoms with E-state index in [-0.39, 0.29) is 0 Å². The highest BCUT2D eigenvalue weighted by atomic mass is 16.3. The molecule has 16 heavy (non-hydrogen) atoms. The molecule has 0 aliphatic heterocycles. The van der Waals surface area contributed by atoms with E-state index >= 15 is 0 Å². The van der Waals surface area contributed by atoms with Gasteiger partial charge in [-0.3, -0.25) is 4.90 Å². The van der Waals surface area contributed by atoms with Gasteiger partial charge in [-0.05, 0) is 52.5 Å². The van der Waals surface area contributed by atoms with E-state index in [1.165, 1.54) is 0 Å². The molecule has 0 radical (unpaired) electrons. The Hall–Kier alpha value is -0.800. The number of hydrogen-bond donors (Lipinski definition) is 1. The SMILES string of the molecule is CNCC(C)C(C)N(C)Cc1ccc(C)o1. The van der Waals surface area contributed by atoms with Crippen LogP contribution in [-0.4, -0.2) is 31.6 Å². The summed E-state index contributed by atoms with van der Waals surface area (Å²) in [5, 5.41) is 3.22. The quantitative estimate of drug-likeness (QED) is 0.803. The zero-order valence-electron chi connectivity index (χ0n) is 11.1. The molecule has 2 atom stereocenters. The largest absolute Gasteiger partial charge is 0.465 e. The molecule has 1 aromatic heterocycles. The maximum absolute atomic E-state index is 5.59. The lowest BCUT2D eigenvalue weighted by atomic mass is 10.0. The topological polar surface area (TPSA) is 28.4 Å². The summed E-state index contributed by atoms with van der Waals surface area (Å²) in [6.07, 6.45) is 0. The lowest BCUT2D eigenvalue weighted by molar-refractivity contribution is 0.177. The number of nitrogens with zero attached hydrogens (tertiary/aromatic N) is 1. The van der Waals surface area contributed by atoms with Gasteiger partial charge in [-0.1, -0.05) is 6.92 Å². The number of aryl methyl sites for hydroxylation is 1. The van der Waals surface area contributed by atoms with Crippen molar-refractivity contribution in [2.24, 2.45) is 5.92 Å². The van der Waals surface area contributed by atoms with Crippen LogP contribution in [0.4, 0.5) is 0 Å². The first-order valence-electron chi connectivity index (χ1n) is 5.94. The molecule has 1 aromatic rings. The van der Waals surface area contributed by atoms with Gasteiger partial charge in [0.2, 0.25) is 0 Å². The second kappa shape index (κ2) is 6.06. The van der Waals surface area contributed by atoms with Gasteiger partial charge < -0.3 is 9.73 Å². The fourth-order valence-corrected chi connectivity index (χ4v) is 1.89. The molecule has 0 bridgehead atoms. The fourth-order valence-electron chi connectivity index (χ4n) is 1.89. The minimum Gasteiger partial charge on any atom is -0.465 e. The van der Waals surface area contributed by atoms with Crippen molar-refractivity contribution < 1.29 is 4.42 Å². The summed E-state index contributed by atoms with van der Waals surface area (Å²) in [5.74, 6) is 2.66. The standard InChI is InChI=1S/C13H24N2O/c1-10(8-14-4)12(3)15(5)9-13-7-6-11(2)16-13/h6-7,10,12,14H,8-9H2,1-5H3. The first-order chi connectivity index (χ1) is 7.54. The van der Waals surface area contributed by atoms with Crippen LogP contribution in [0.2, 0.25) is 0 Å². The maximum Gasteiger partial charge on any atom is 0.118 e. The van der Waals surface area contributed by atoms with Gasteiger partial charge in [0.05, 0.1) is 6.54 Å². The molecular formula is C13H24N2O. The highest BCUT2D eigenvalue weighted by Crippen LogP contribution is 2.14. The molecule has 0 fully saturated rings. The summed E-state index contributed by atoms with van der Waals surface area (Å²) >= 11 is 0. The van der Waals surface area contributed by atoms with Crippen LogP contribution in [0.5, 0.6) is 0 Å². The van der Waals surface area contributed by atoms with Crippen molar-refractivity contribution in [2.75, 3.05) is 20.6 Å². The van der Waals surface area contributed by atoms with Crippen LogP contribution in [-0.2, 0) is 6.54 Å². The number of nitrogens with one attached hydrogen (secondary N) is 1.